The van der Waals surface area contributed by atoms with Crippen LogP contribution in [0.2, 0.25) is 10.0 Å². The molecule has 2 nitrogen and oxygen atoms in total. The first-order valence-corrected chi connectivity index (χ1v) is 7.63. The summed E-state index contributed by atoms with van der Waals surface area (Å²) in [6.07, 6.45) is 6.03. The Kier molecular flexibility index (Phi) is 9.27. The zero-order valence-corrected chi connectivity index (χ0v) is 13.1. The lowest BCUT2D eigenvalue weighted by atomic mass is 10.1. The van der Waals surface area contributed by atoms with E-state index < -0.39 is 0 Å². The lowest BCUT2D eigenvalue weighted by molar-refractivity contribution is 0.199. The minimum Gasteiger partial charge on any atom is -0.383 e. The van der Waals surface area contributed by atoms with E-state index >= 15 is 0 Å². The van der Waals surface area contributed by atoms with Crippen molar-refractivity contribution in [2.45, 2.75) is 32.1 Å². The highest BCUT2D eigenvalue weighted by atomic mass is 35.5. The Morgan fingerprint density at radius 1 is 1.00 bits per heavy atom. The molecular weight excluding hydrogens is 281 g/mol. The third kappa shape index (κ3) is 7.78. The van der Waals surface area contributed by atoms with Crippen LogP contribution in [0.4, 0.5) is 0 Å². The monoisotopic (exact) mass is 303 g/mol. The maximum absolute atomic E-state index is 5.99. The van der Waals surface area contributed by atoms with Gasteiger partial charge in [-0.3, -0.25) is 0 Å². The van der Waals surface area contributed by atoms with Gasteiger partial charge in [0.15, 0.2) is 0 Å². The lowest BCUT2D eigenvalue weighted by Gasteiger charge is -2.05. The predicted molar refractivity (Wildman–Crippen MR) is 83.4 cm³/mol. The maximum atomic E-state index is 5.99. The molecule has 1 N–H and O–H groups in total. The smallest absolute Gasteiger partial charge is 0.0595 e. The second-order valence-electron chi connectivity index (χ2n) is 4.66. The predicted octanol–water partition coefficient (Wildman–Crippen LogP) is 4.33. The van der Waals surface area contributed by atoms with Crippen LogP contribution in [0.5, 0.6) is 0 Å². The second kappa shape index (κ2) is 10.5. The van der Waals surface area contributed by atoms with Crippen molar-refractivity contribution in [1.29, 1.82) is 0 Å². The molecule has 0 unspecified atom stereocenters. The fourth-order valence-corrected chi connectivity index (χ4v) is 2.25. The van der Waals surface area contributed by atoms with Crippen molar-refractivity contribution in [2.75, 3.05) is 26.8 Å². The largest absolute Gasteiger partial charge is 0.383 e. The first-order valence-electron chi connectivity index (χ1n) is 6.87. The van der Waals surface area contributed by atoms with Crippen LogP contribution in [0.3, 0.4) is 0 Å². The van der Waals surface area contributed by atoms with Crippen LogP contribution in [0.1, 0.15) is 31.2 Å². The number of hydrogen-bond acceptors (Lipinski definition) is 2. The molecule has 0 radical (unpaired) electrons. The van der Waals surface area contributed by atoms with Gasteiger partial charge in [-0.25, -0.2) is 0 Å². The number of ether oxygens (including phenoxy) is 1. The molecule has 108 valence electrons. The Balaban J connectivity index is 2.00. The van der Waals surface area contributed by atoms with E-state index in [1.165, 1.54) is 31.2 Å². The third-order valence-corrected chi connectivity index (χ3v) is 3.78. The van der Waals surface area contributed by atoms with Gasteiger partial charge in [0.05, 0.1) is 16.7 Å². The van der Waals surface area contributed by atoms with E-state index in [2.05, 4.69) is 11.4 Å². The molecule has 0 saturated heterocycles. The Bertz CT molecular complexity index is 358. The summed E-state index contributed by atoms with van der Waals surface area (Å²) >= 11 is 11.9. The fraction of sp³-hybridized carbons (Fsp3) is 0.600. The van der Waals surface area contributed by atoms with Crippen LogP contribution in [0.15, 0.2) is 18.2 Å². The summed E-state index contributed by atoms with van der Waals surface area (Å²) in [4.78, 5) is 0. The Morgan fingerprint density at radius 3 is 2.53 bits per heavy atom. The summed E-state index contributed by atoms with van der Waals surface area (Å²) in [5, 5.41) is 4.64. The van der Waals surface area contributed by atoms with Crippen molar-refractivity contribution in [2.24, 2.45) is 0 Å². The number of nitrogens with one attached hydrogen (secondary N) is 1. The maximum Gasteiger partial charge on any atom is 0.0595 e. The van der Waals surface area contributed by atoms with Gasteiger partial charge in [-0.05, 0) is 43.5 Å². The van der Waals surface area contributed by atoms with Crippen LogP contribution in [-0.4, -0.2) is 26.8 Å². The highest BCUT2D eigenvalue weighted by molar-refractivity contribution is 6.42. The van der Waals surface area contributed by atoms with Crippen molar-refractivity contribution >= 4 is 23.2 Å². The van der Waals surface area contributed by atoms with Gasteiger partial charge in [-0.1, -0.05) is 42.1 Å². The van der Waals surface area contributed by atoms with Crippen LogP contribution in [-0.2, 0) is 11.2 Å². The molecule has 0 aliphatic rings. The summed E-state index contributed by atoms with van der Waals surface area (Å²) in [6, 6.07) is 5.90. The topological polar surface area (TPSA) is 21.3 Å². The SMILES string of the molecule is COCCNCCCCCCc1ccc(Cl)c(Cl)c1. The van der Waals surface area contributed by atoms with E-state index in [0.717, 1.165) is 26.1 Å². The number of aryl methyl sites for hydroxylation is 1. The molecule has 0 saturated carbocycles. The molecule has 0 aliphatic carbocycles. The molecule has 0 aliphatic heterocycles. The fourth-order valence-electron chi connectivity index (χ4n) is 1.93. The van der Waals surface area contributed by atoms with E-state index in [1.807, 2.05) is 12.1 Å². The van der Waals surface area contributed by atoms with Crippen molar-refractivity contribution in [3.63, 3.8) is 0 Å². The van der Waals surface area contributed by atoms with Crippen LogP contribution >= 0.6 is 23.2 Å². The van der Waals surface area contributed by atoms with E-state index in [9.17, 15) is 0 Å². The average molecular weight is 304 g/mol. The molecule has 0 atom stereocenters. The van der Waals surface area contributed by atoms with Gasteiger partial charge in [0, 0.05) is 13.7 Å². The van der Waals surface area contributed by atoms with Crippen LogP contribution in [0, 0.1) is 0 Å². The van der Waals surface area contributed by atoms with E-state index in [4.69, 9.17) is 27.9 Å². The number of unbranched alkanes of at least 4 members (excludes halogenated alkanes) is 3. The standard InChI is InChI=1S/C15H23Cl2NO/c1-19-11-10-18-9-5-3-2-4-6-13-7-8-14(16)15(17)12-13/h7-8,12,18H,2-6,9-11H2,1H3. The van der Waals surface area contributed by atoms with Gasteiger partial charge in [-0.2, -0.15) is 0 Å². The van der Waals surface area contributed by atoms with E-state index in [1.54, 1.807) is 7.11 Å². The Morgan fingerprint density at radius 2 is 1.79 bits per heavy atom. The summed E-state index contributed by atoms with van der Waals surface area (Å²) in [5.41, 5.74) is 1.27. The van der Waals surface area contributed by atoms with Crippen LogP contribution in [0.25, 0.3) is 0 Å². The number of rotatable bonds is 10. The Hall–Kier alpha value is -0.280. The molecule has 1 rings (SSSR count). The quantitative estimate of drug-likeness (QED) is 0.650. The van der Waals surface area contributed by atoms with E-state index in [-0.39, 0.29) is 0 Å². The first kappa shape index (κ1) is 16.8. The molecule has 0 bridgehead atoms. The van der Waals surface area contributed by atoms with Gasteiger partial charge in [0.2, 0.25) is 0 Å². The minimum atomic E-state index is 0.632. The zero-order valence-electron chi connectivity index (χ0n) is 11.6. The average Bonchev–Trinajstić information content (AvgIpc) is 2.41. The van der Waals surface area contributed by atoms with Gasteiger partial charge in [0.25, 0.3) is 0 Å². The van der Waals surface area contributed by atoms with E-state index in [0.29, 0.717) is 10.0 Å². The van der Waals surface area contributed by atoms with Crippen LogP contribution < -0.4 is 5.32 Å². The normalized spacial score (nSPS) is 10.9. The summed E-state index contributed by atoms with van der Waals surface area (Å²) in [5.74, 6) is 0. The van der Waals surface area contributed by atoms with Gasteiger partial charge in [-0.15, -0.1) is 0 Å². The molecule has 0 fully saturated rings. The van der Waals surface area contributed by atoms with Crippen molar-refractivity contribution in [3.8, 4) is 0 Å². The molecule has 19 heavy (non-hydrogen) atoms. The van der Waals surface area contributed by atoms with Gasteiger partial charge < -0.3 is 10.1 Å². The lowest BCUT2D eigenvalue weighted by Crippen LogP contribution is -2.20. The first-order chi connectivity index (χ1) is 9.24. The molecule has 0 aromatic heterocycles. The van der Waals surface area contributed by atoms with Crippen molar-refractivity contribution in [1.82, 2.24) is 5.32 Å². The highest BCUT2D eigenvalue weighted by Crippen LogP contribution is 2.23. The van der Waals surface area contributed by atoms with Crippen molar-refractivity contribution in [3.05, 3.63) is 33.8 Å². The summed E-state index contributed by atoms with van der Waals surface area (Å²) in [6.45, 7) is 2.81. The summed E-state index contributed by atoms with van der Waals surface area (Å²) < 4.78 is 4.97. The summed E-state index contributed by atoms with van der Waals surface area (Å²) in [7, 11) is 1.73. The molecule has 1 aromatic rings. The number of methoxy groups -OCH3 is 1. The second-order valence-corrected chi connectivity index (χ2v) is 5.47. The Labute approximate surface area is 126 Å². The highest BCUT2D eigenvalue weighted by Gasteiger charge is 1.99. The number of benzene rings is 1. The van der Waals surface area contributed by atoms with Gasteiger partial charge in [0.1, 0.15) is 0 Å². The molecule has 0 heterocycles. The molecule has 1 aromatic carbocycles. The van der Waals surface area contributed by atoms with Crippen molar-refractivity contribution < 1.29 is 4.74 Å². The molecule has 4 heteroatoms. The molecule has 0 amide bonds. The molecular formula is C15H23Cl2NO. The number of hydrogen-bond donors (Lipinski definition) is 1. The third-order valence-electron chi connectivity index (χ3n) is 3.04. The van der Waals surface area contributed by atoms with Gasteiger partial charge >= 0.3 is 0 Å². The zero-order chi connectivity index (χ0) is 13.9. The number of halogens is 2. The minimum absolute atomic E-state index is 0.632. The molecule has 0 spiro atoms.